The molecule has 0 unspecified atom stereocenters. The van der Waals surface area contributed by atoms with Crippen molar-refractivity contribution in [2.75, 3.05) is 6.61 Å². The molecule has 1 N–H and O–H groups in total. The van der Waals surface area contributed by atoms with Gasteiger partial charge in [0.15, 0.2) is 0 Å². The minimum absolute atomic E-state index is 0.130. The molecule has 2 heteroatoms. The Morgan fingerprint density at radius 3 is 2.85 bits per heavy atom. The Balaban J connectivity index is 1.97. The highest BCUT2D eigenvalue weighted by Crippen LogP contribution is 2.43. The standard InChI is InChI=1S/C11H20O2/c1-9-3-2-5-11(7-9)6-4-10(8-12)13-11/h9-10,12H,2-8H2,1H3/t9-,10-,11+/m1/s1. The van der Waals surface area contributed by atoms with E-state index in [0.717, 1.165) is 12.3 Å². The van der Waals surface area contributed by atoms with Crippen LogP contribution in [0, 0.1) is 5.92 Å². The number of hydrogen-bond donors (Lipinski definition) is 1. The van der Waals surface area contributed by atoms with Gasteiger partial charge in [0.1, 0.15) is 0 Å². The van der Waals surface area contributed by atoms with Gasteiger partial charge >= 0.3 is 0 Å². The molecule has 0 radical (unpaired) electrons. The molecule has 0 aromatic heterocycles. The number of ether oxygens (including phenoxy) is 1. The SMILES string of the molecule is C[C@@H]1CCC[C@]2(CC[C@H](CO)O2)C1. The first-order valence-corrected chi connectivity index (χ1v) is 5.53. The van der Waals surface area contributed by atoms with Crippen LogP contribution in [0.15, 0.2) is 0 Å². The van der Waals surface area contributed by atoms with E-state index >= 15 is 0 Å². The molecule has 0 bridgehead atoms. The summed E-state index contributed by atoms with van der Waals surface area (Å²) in [7, 11) is 0. The van der Waals surface area contributed by atoms with Crippen LogP contribution in [0.2, 0.25) is 0 Å². The summed E-state index contributed by atoms with van der Waals surface area (Å²) in [5.74, 6) is 0.811. The maximum absolute atomic E-state index is 9.02. The molecule has 1 heterocycles. The van der Waals surface area contributed by atoms with E-state index in [-0.39, 0.29) is 18.3 Å². The molecule has 1 aliphatic heterocycles. The van der Waals surface area contributed by atoms with Crippen LogP contribution in [0.4, 0.5) is 0 Å². The summed E-state index contributed by atoms with van der Waals surface area (Å²) >= 11 is 0. The quantitative estimate of drug-likeness (QED) is 0.676. The lowest BCUT2D eigenvalue weighted by atomic mass is 9.77. The molecule has 13 heavy (non-hydrogen) atoms. The van der Waals surface area contributed by atoms with Crippen LogP contribution in [0.3, 0.4) is 0 Å². The first-order valence-electron chi connectivity index (χ1n) is 5.53. The van der Waals surface area contributed by atoms with Crippen molar-refractivity contribution in [2.45, 2.75) is 57.2 Å². The lowest BCUT2D eigenvalue weighted by Crippen LogP contribution is -2.35. The molecule has 1 spiro atoms. The highest BCUT2D eigenvalue weighted by Gasteiger charge is 2.42. The molecule has 1 saturated carbocycles. The summed E-state index contributed by atoms with van der Waals surface area (Å²) in [4.78, 5) is 0. The lowest BCUT2D eigenvalue weighted by molar-refractivity contribution is -0.0869. The van der Waals surface area contributed by atoms with Gasteiger partial charge in [-0.25, -0.2) is 0 Å². The van der Waals surface area contributed by atoms with Crippen LogP contribution in [0.5, 0.6) is 0 Å². The number of hydrogen-bond acceptors (Lipinski definition) is 2. The van der Waals surface area contributed by atoms with Gasteiger partial charge in [-0.2, -0.15) is 0 Å². The van der Waals surface area contributed by atoms with Gasteiger partial charge in [-0.1, -0.05) is 19.8 Å². The average Bonchev–Trinajstić information content (AvgIpc) is 2.48. The van der Waals surface area contributed by atoms with Crippen LogP contribution in [0.25, 0.3) is 0 Å². The van der Waals surface area contributed by atoms with Gasteiger partial charge in [0, 0.05) is 0 Å². The van der Waals surface area contributed by atoms with Crippen LogP contribution in [0.1, 0.15) is 45.4 Å². The topological polar surface area (TPSA) is 29.5 Å². The third kappa shape index (κ3) is 1.89. The van der Waals surface area contributed by atoms with Crippen molar-refractivity contribution in [2.24, 2.45) is 5.92 Å². The van der Waals surface area contributed by atoms with Gasteiger partial charge in [-0.3, -0.25) is 0 Å². The number of aliphatic hydroxyl groups excluding tert-OH is 1. The Labute approximate surface area is 80.3 Å². The molecule has 3 atom stereocenters. The average molecular weight is 184 g/mol. The summed E-state index contributed by atoms with van der Waals surface area (Å²) in [5.41, 5.74) is 0.158. The van der Waals surface area contributed by atoms with Crippen LogP contribution in [-0.4, -0.2) is 23.4 Å². The van der Waals surface area contributed by atoms with Crippen molar-refractivity contribution >= 4 is 0 Å². The van der Waals surface area contributed by atoms with Gasteiger partial charge in [0.05, 0.1) is 18.3 Å². The van der Waals surface area contributed by atoms with E-state index < -0.39 is 0 Å². The summed E-state index contributed by atoms with van der Waals surface area (Å²) in [6.45, 7) is 2.52. The molecule has 0 aromatic carbocycles. The smallest absolute Gasteiger partial charge is 0.0814 e. The van der Waals surface area contributed by atoms with E-state index in [1.165, 1.54) is 32.1 Å². The second-order valence-corrected chi connectivity index (χ2v) is 4.85. The molecule has 2 aliphatic rings. The highest BCUT2D eigenvalue weighted by molar-refractivity contribution is 4.92. The molecule has 0 aromatic rings. The fraction of sp³-hybridized carbons (Fsp3) is 1.00. The second kappa shape index (κ2) is 3.58. The molecule has 2 nitrogen and oxygen atoms in total. The Morgan fingerprint density at radius 1 is 1.38 bits per heavy atom. The second-order valence-electron chi connectivity index (χ2n) is 4.85. The largest absolute Gasteiger partial charge is 0.394 e. The zero-order valence-corrected chi connectivity index (χ0v) is 8.46. The van der Waals surface area contributed by atoms with Crippen molar-refractivity contribution < 1.29 is 9.84 Å². The third-order valence-corrected chi connectivity index (χ3v) is 3.59. The van der Waals surface area contributed by atoms with Crippen molar-refractivity contribution in [1.29, 1.82) is 0 Å². The van der Waals surface area contributed by atoms with Crippen molar-refractivity contribution in [3.8, 4) is 0 Å². The fourth-order valence-corrected chi connectivity index (χ4v) is 2.97. The predicted octanol–water partition coefficient (Wildman–Crippen LogP) is 2.11. The number of aliphatic hydroxyl groups is 1. The van der Waals surface area contributed by atoms with E-state index in [2.05, 4.69) is 6.92 Å². The maximum atomic E-state index is 9.02. The normalized spacial score (nSPS) is 45.7. The van der Waals surface area contributed by atoms with Gasteiger partial charge in [0.25, 0.3) is 0 Å². The summed E-state index contributed by atoms with van der Waals surface area (Å²) in [6, 6.07) is 0. The number of rotatable bonds is 1. The van der Waals surface area contributed by atoms with Crippen molar-refractivity contribution in [1.82, 2.24) is 0 Å². The van der Waals surface area contributed by atoms with Crippen molar-refractivity contribution in [3.63, 3.8) is 0 Å². The molecule has 1 aliphatic carbocycles. The molecular formula is C11H20O2. The minimum atomic E-state index is 0.130. The maximum Gasteiger partial charge on any atom is 0.0814 e. The van der Waals surface area contributed by atoms with E-state index in [1.54, 1.807) is 0 Å². The van der Waals surface area contributed by atoms with Crippen LogP contribution >= 0.6 is 0 Å². The monoisotopic (exact) mass is 184 g/mol. The Hall–Kier alpha value is -0.0800. The zero-order chi connectivity index (χ0) is 9.31. The van der Waals surface area contributed by atoms with E-state index in [0.29, 0.717) is 0 Å². The van der Waals surface area contributed by atoms with Gasteiger partial charge < -0.3 is 9.84 Å². The summed E-state index contributed by atoms with van der Waals surface area (Å²) in [5, 5.41) is 9.02. The molecule has 76 valence electrons. The first-order chi connectivity index (χ1) is 6.24. The summed E-state index contributed by atoms with van der Waals surface area (Å²) in [6.07, 6.45) is 7.45. The van der Waals surface area contributed by atoms with E-state index in [9.17, 15) is 0 Å². The molecule has 2 fully saturated rings. The Kier molecular flexibility index (Phi) is 2.61. The van der Waals surface area contributed by atoms with Gasteiger partial charge in [-0.15, -0.1) is 0 Å². The molecular weight excluding hydrogens is 164 g/mol. The predicted molar refractivity (Wildman–Crippen MR) is 51.6 cm³/mol. The molecule has 0 amide bonds. The summed E-state index contributed by atoms with van der Waals surface area (Å²) < 4.78 is 5.96. The molecule has 1 saturated heterocycles. The first kappa shape index (κ1) is 9.47. The Bertz CT molecular complexity index is 181. The van der Waals surface area contributed by atoms with E-state index in [4.69, 9.17) is 9.84 Å². The third-order valence-electron chi connectivity index (χ3n) is 3.59. The Morgan fingerprint density at radius 2 is 2.23 bits per heavy atom. The van der Waals surface area contributed by atoms with E-state index in [1.807, 2.05) is 0 Å². The van der Waals surface area contributed by atoms with Crippen molar-refractivity contribution in [3.05, 3.63) is 0 Å². The van der Waals surface area contributed by atoms with Crippen LogP contribution < -0.4 is 0 Å². The highest BCUT2D eigenvalue weighted by atomic mass is 16.5. The van der Waals surface area contributed by atoms with Gasteiger partial charge in [0.2, 0.25) is 0 Å². The lowest BCUT2D eigenvalue weighted by Gasteiger charge is -2.36. The zero-order valence-electron chi connectivity index (χ0n) is 8.46. The minimum Gasteiger partial charge on any atom is -0.394 e. The van der Waals surface area contributed by atoms with Gasteiger partial charge in [-0.05, 0) is 31.6 Å². The fourth-order valence-electron chi connectivity index (χ4n) is 2.97. The van der Waals surface area contributed by atoms with Crippen LogP contribution in [-0.2, 0) is 4.74 Å². The molecule has 2 rings (SSSR count).